The number of hydrogen-bond acceptors (Lipinski definition) is 3. The Morgan fingerprint density at radius 1 is 1.19 bits per heavy atom. The van der Waals surface area contributed by atoms with Crippen LogP contribution in [0.25, 0.3) is 0 Å². The molecule has 2 aliphatic rings. The second-order valence-corrected chi connectivity index (χ2v) is 7.35. The number of nitrogens with two attached hydrogens (primary N) is 1. The highest BCUT2D eigenvalue weighted by Gasteiger charge is 2.40. The van der Waals surface area contributed by atoms with Gasteiger partial charge >= 0.3 is 0 Å². The van der Waals surface area contributed by atoms with Gasteiger partial charge in [-0.2, -0.15) is 0 Å². The summed E-state index contributed by atoms with van der Waals surface area (Å²) in [5.74, 6) is 0.220. The lowest BCUT2D eigenvalue weighted by atomic mass is 9.95. The number of nitrogens with one attached hydrogen (secondary N) is 2. The van der Waals surface area contributed by atoms with Crippen molar-refractivity contribution in [1.29, 1.82) is 5.41 Å². The van der Waals surface area contributed by atoms with Crippen molar-refractivity contribution >= 4 is 23.5 Å². The van der Waals surface area contributed by atoms with Crippen LogP contribution >= 0.6 is 0 Å². The van der Waals surface area contributed by atoms with Crippen LogP contribution in [0.3, 0.4) is 0 Å². The van der Waals surface area contributed by atoms with Crippen molar-refractivity contribution in [2.24, 2.45) is 17.6 Å². The molecule has 7 nitrogen and oxygen atoms in total. The first-order chi connectivity index (χ1) is 12.5. The quantitative estimate of drug-likeness (QED) is 0.563. The van der Waals surface area contributed by atoms with Gasteiger partial charge in [-0.15, -0.1) is 0 Å². The fourth-order valence-electron chi connectivity index (χ4n) is 3.89. The summed E-state index contributed by atoms with van der Waals surface area (Å²) in [4.78, 5) is 29.3. The van der Waals surface area contributed by atoms with E-state index in [1.165, 1.54) is 0 Å². The largest absolute Gasteiger partial charge is 0.370 e. The standard InChI is InChI=1S/C19H27N5O2/c1-13-11-16(17(25)22-15-5-3-2-4-6-15)24(12-13)18(26)14-7-9-23(10-8-14)19(20)21/h2-6,13-14,16H,7-12H2,1H3,(H3,20,21)(H,22,25). The highest BCUT2D eigenvalue weighted by molar-refractivity contribution is 5.97. The number of guanidine groups is 1. The number of anilines is 1. The Kier molecular flexibility index (Phi) is 5.44. The predicted octanol–water partition coefficient (Wildman–Crippen LogP) is 1.47. The van der Waals surface area contributed by atoms with Gasteiger partial charge in [-0.3, -0.25) is 15.0 Å². The molecular formula is C19H27N5O2. The average molecular weight is 357 g/mol. The molecule has 2 heterocycles. The summed E-state index contributed by atoms with van der Waals surface area (Å²) in [6.07, 6.45) is 2.04. The average Bonchev–Trinajstić information content (AvgIpc) is 3.04. The number of amides is 2. The number of benzene rings is 1. The first-order valence-electron chi connectivity index (χ1n) is 9.21. The Bertz CT molecular complexity index is 670. The van der Waals surface area contributed by atoms with Crippen LogP contribution in [-0.2, 0) is 9.59 Å². The van der Waals surface area contributed by atoms with E-state index >= 15 is 0 Å². The van der Waals surface area contributed by atoms with E-state index in [2.05, 4.69) is 12.2 Å². The summed E-state index contributed by atoms with van der Waals surface area (Å²) >= 11 is 0. The minimum absolute atomic E-state index is 0.0609. The van der Waals surface area contributed by atoms with Gasteiger partial charge in [0.2, 0.25) is 11.8 Å². The van der Waals surface area contributed by atoms with Crippen molar-refractivity contribution in [1.82, 2.24) is 9.80 Å². The minimum Gasteiger partial charge on any atom is -0.370 e. The topological polar surface area (TPSA) is 103 Å². The lowest BCUT2D eigenvalue weighted by molar-refractivity contribution is -0.141. The molecule has 7 heteroatoms. The number of hydrogen-bond donors (Lipinski definition) is 3. The van der Waals surface area contributed by atoms with Gasteiger partial charge < -0.3 is 20.9 Å². The molecule has 1 aromatic rings. The molecule has 0 aromatic heterocycles. The van der Waals surface area contributed by atoms with Crippen LogP contribution in [0.1, 0.15) is 26.2 Å². The fraction of sp³-hybridized carbons (Fsp3) is 0.526. The number of rotatable bonds is 3. The molecule has 0 spiro atoms. The zero-order valence-electron chi connectivity index (χ0n) is 15.1. The van der Waals surface area contributed by atoms with Crippen LogP contribution in [0.5, 0.6) is 0 Å². The van der Waals surface area contributed by atoms with Gasteiger partial charge in [0.25, 0.3) is 0 Å². The molecule has 26 heavy (non-hydrogen) atoms. The summed E-state index contributed by atoms with van der Waals surface area (Å²) in [6, 6.07) is 8.93. The van der Waals surface area contributed by atoms with Crippen LogP contribution in [0, 0.1) is 17.2 Å². The number of nitrogens with zero attached hydrogens (tertiary/aromatic N) is 2. The smallest absolute Gasteiger partial charge is 0.247 e. The van der Waals surface area contributed by atoms with E-state index in [0.29, 0.717) is 44.8 Å². The fourth-order valence-corrected chi connectivity index (χ4v) is 3.89. The Balaban J connectivity index is 1.64. The molecule has 2 aliphatic heterocycles. The zero-order chi connectivity index (χ0) is 18.7. The molecule has 2 amide bonds. The van der Waals surface area contributed by atoms with Gasteiger partial charge in [-0.05, 0) is 37.3 Å². The molecular weight excluding hydrogens is 330 g/mol. The Morgan fingerprint density at radius 3 is 2.46 bits per heavy atom. The van der Waals surface area contributed by atoms with Gasteiger partial charge in [-0.25, -0.2) is 0 Å². The number of para-hydroxylation sites is 1. The molecule has 3 rings (SSSR count). The van der Waals surface area contributed by atoms with Crippen molar-refractivity contribution in [2.45, 2.75) is 32.2 Å². The Morgan fingerprint density at radius 2 is 1.85 bits per heavy atom. The van der Waals surface area contributed by atoms with Crippen LogP contribution in [0.2, 0.25) is 0 Å². The maximum atomic E-state index is 13.0. The van der Waals surface area contributed by atoms with E-state index in [1.807, 2.05) is 30.3 Å². The van der Waals surface area contributed by atoms with Gasteiger partial charge in [0, 0.05) is 31.2 Å². The van der Waals surface area contributed by atoms with Gasteiger partial charge in [-0.1, -0.05) is 25.1 Å². The van der Waals surface area contributed by atoms with Crippen LogP contribution < -0.4 is 11.1 Å². The van der Waals surface area contributed by atoms with Crippen molar-refractivity contribution in [3.05, 3.63) is 30.3 Å². The molecule has 0 aliphatic carbocycles. The monoisotopic (exact) mass is 357 g/mol. The predicted molar refractivity (Wildman–Crippen MR) is 101 cm³/mol. The molecule has 2 unspecified atom stereocenters. The summed E-state index contributed by atoms with van der Waals surface area (Å²) in [7, 11) is 0. The van der Waals surface area contributed by atoms with Gasteiger partial charge in [0.15, 0.2) is 5.96 Å². The van der Waals surface area contributed by atoms with E-state index in [1.54, 1.807) is 9.80 Å². The zero-order valence-corrected chi connectivity index (χ0v) is 15.1. The Labute approximate surface area is 154 Å². The number of carbonyl (C=O) groups is 2. The molecule has 2 saturated heterocycles. The van der Waals surface area contributed by atoms with Crippen molar-refractivity contribution in [3.8, 4) is 0 Å². The van der Waals surface area contributed by atoms with Crippen molar-refractivity contribution in [2.75, 3.05) is 25.0 Å². The lowest BCUT2D eigenvalue weighted by Gasteiger charge is -2.34. The highest BCUT2D eigenvalue weighted by Crippen LogP contribution is 2.28. The highest BCUT2D eigenvalue weighted by atomic mass is 16.2. The number of piperidine rings is 1. The van der Waals surface area contributed by atoms with Crippen LogP contribution in [-0.4, -0.2) is 53.2 Å². The van der Waals surface area contributed by atoms with E-state index in [0.717, 1.165) is 5.69 Å². The first-order valence-corrected chi connectivity index (χ1v) is 9.21. The lowest BCUT2D eigenvalue weighted by Crippen LogP contribution is -2.49. The molecule has 4 N–H and O–H groups in total. The number of carbonyl (C=O) groups excluding carboxylic acids is 2. The van der Waals surface area contributed by atoms with Gasteiger partial charge in [0.05, 0.1) is 0 Å². The Hall–Kier alpha value is -2.57. The second-order valence-electron chi connectivity index (χ2n) is 7.35. The second kappa shape index (κ2) is 7.76. The normalized spacial score (nSPS) is 23.7. The SMILES string of the molecule is CC1CC(C(=O)Nc2ccccc2)N(C(=O)C2CCN(C(=N)N)CC2)C1. The molecule has 1 aromatic carbocycles. The number of likely N-dealkylation sites (tertiary alicyclic amines) is 2. The molecule has 0 saturated carbocycles. The molecule has 2 fully saturated rings. The van der Waals surface area contributed by atoms with Crippen LogP contribution in [0.15, 0.2) is 30.3 Å². The third-order valence-electron chi connectivity index (χ3n) is 5.32. The molecule has 0 bridgehead atoms. The van der Waals surface area contributed by atoms with E-state index in [-0.39, 0.29) is 23.7 Å². The molecule has 0 radical (unpaired) electrons. The summed E-state index contributed by atoms with van der Waals surface area (Å²) in [6.45, 7) is 3.94. The van der Waals surface area contributed by atoms with E-state index in [9.17, 15) is 9.59 Å². The third kappa shape index (κ3) is 3.98. The van der Waals surface area contributed by atoms with Crippen molar-refractivity contribution in [3.63, 3.8) is 0 Å². The van der Waals surface area contributed by atoms with E-state index in [4.69, 9.17) is 11.1 Å². The van der Waals surface area contributed by atoms with Gasteiger partial charge in [0.1, 0.15) is 6.04 Å². The minimum atomic E-state index is -0.413. The molecule has 2 atom stereocenters. The van der Waals surface area contributed by atoms with E-state index < -0.39 is 6.04 Å². The third-order valence-corrected chi connectivity index (χ3v) is 5.32. The first kappa shape index (κ1) is 18.2. The summed E-state index contributed by atoms with van der Waals surface area (Å²) in [5, 5.41) is 10.4. The summed E-state index contributed by atoms with van der Waals surface area (Å²) in [5.41, 5.74) is 6.27. The summed E-state index contributed by atoms with van der Waals surface area (Å²) < 4.78 is 0. The maximum absolute atomic E-state index is 13.0. The van der Waals surface area contributed by atoms with Crippen molar-refractivity contribution < 1.29 is 9.59 Å². The van der Waals surface area contributed by atoms with Crippen LogP contribution in [0.4, 0.5) is 5.69 Å². The maximum Gasteiger partial charge on any atom is 0.247 e. The molecule has 140 valence electrons.